The summed E-state index contributed by atoms with van der Waals surface area (Å²) in [6.07, 6.45) is 11.1. The van der Waals surface area contributed by atoms with Gasteiger partial charge >= 0.3 is 0 Å². The van der Waals surface area contributed by atoms with Crippen molar-refractivity contribution in [2.24, 2.45) is 5.92 Å². The molecule has 2 aromatic carbocycles. The number of hydrogen-bond donors (Lipinski definition) is 0. The van der Waals surface area contributed by atoms with Gasteiger partial charge in [-0.05, 0) is 97.1 Å². The van der Waals surface area contributed by atoms with Gasteiger partial charge in [-0.1, -0.05) is 44.0 Å². The summed E-state index contributed by atoms with van der Waals surface area (Å²) in [4.78, 5) is 0. The molecule has 1 atom stereocenters. The average Bonchev–Trinajstić information content (AvgIpc) is 2.70. The van der Waals surface area contributed by atoms with Crippen LogP contribution >= 0.6 is 0 Å². The lowest BCUT2D eigenvalue weighted by atomic mass is 9.75. The fraction of sp³-hybridized carbons (Fsp3) is 0.520. The number of halogens is 2. The van der Waals surface area contributed by atoms with E-state index in [-0.39, 0.29) is 0 Å². The maximum atomic E-state index is 13.6. The number of aryl methyl sites for hydroxylation is 1. The molecule has 27 heavy (non-hydrogen) atoms. The van der Waals surface area contributed by atoms with Gasteiger partial charge < -0.3 is 0 Å². The number of rotatable bonds is 4. The highest BCUT2D eigenvalue weighted by Crippen LogP contribution is 2.40. The van der Waals surface area contributed by atoms with Gasteiger partial charge in [0.05, 0.1) is 0 Å². The second-order valence-corrected chi connectivity index (χ2v) is 8.65. The molecule has 0 radical (unpaired) electrons. The standard InChI is InChI=1S/C25H30F2/c1-2-3-17-4-6-18(7-5-17)19-8-9-21-15-22(11-10-20(21)14-19)23-12-13-24(26)25(27)16-23/h8-9,12-14,16-18,22H,2-7,10-11,15H2,1H3/t17-,18-,22?. The molecule has 1 fully saturated rings. The Balaban J connectivity index is 1.44. The number of hydrogen-bond acceptors (Lipinski definition) is 0. The van der Waals surface area contributed by atoms with Crippen LogP contribution in [0, 0.1) is 17.6 Å². The lowest BCUT2D eigenvalue weighted by Crippen LogP contribution is -2.16. The Hall–Kier alpha value is -1.70. The average molecular weight is 369 g/mol. The van der Waals surface area contributed by atoms with Crippen LogP contribution in [0.1, 0.15) is 86.0 Å². The Bertz CT molecular complexity index is 787. The molecule has 2 aliphatic rings. The van der Waals surface area contributed by atoms with Crippen LogP contribution in [0.3, 0.4) is 0 Å². The minimum atomic E-state index is -0.756. The second-order valence-electron chi connectivity index (χ2n) is 8.65. The Kier molecular flexibility index (Phi) is 5.61. The Morgan fingerprint density at radius 3 is 2.26 bits per heavy atom. The molecule has 1 unspecified atom stereocenters. The molecule has 2 aliphatic carbocycles. The third-order valence-electron chi connectivity index (χ3n) is 6.89. The van der Waals surface area contributed by atoms with Gasteiger partial charge in [0.15, 0.2) is 11.6 Å². The molecule has 0 aliphatic heterocycles. The molecule has 4 rings (SSSR count). The molecular formula is C25H30F2. The third-order valence-corrected chi connectivity index (χ3v) is 6.89. The van der Waals surface area contributed by atoms with E-state index in [0.29, 0.717) is 5.92 Å². The Morgan fingerprint density at radius 2 is 1.52 bits per heavy atom. The predicted molar refractivity (Wildman–Crippen MR) is 107 cm³/mol. The zero-order valence-electron chi connectivity index (χ0n) is 16.3. The van der Waals surface area contributed by atoms with E-state index in [0.717, 1.165) is 36.7 Å². The van der Waals surface area contributed by atoms with Crippen molar-refractivity contribution in [3.63, 3.8) is 0 Å². The minimum Gasteiger partial charge on any atom is -0.204 e. The fourth-order valence-electron chi connectivity index (χ4n) is 5.27. The molecule has 2 heteroatoms. The van der Waals surface area contributed by atoms with Crippen molar-refractivity contribution in [2.75, 3.05) is 0 Å². The first-order valence-corrected chi connectivity index (χ1v) is 10.7. The van der Waals surface area contributed by atoms with Gasteiger partial charge in [-0.3, -0.25) is 0 Å². The molecule has 0 saturated heterocycles. The van der Waals surface area contributed by atoms with Crippen LogP contribution in [-0.4, -0.2) is 0 Å². The molecule has 0 N–H and O–H groups in total. The topological polar surface area (TPSA) is 0 Å². The highest BCUT2D eigenvalue weighted by molar-refractivity contribution is 5.38. The maximum absolute atomic E-state index is 13.6. The van der Waals surface area contributed by atoms with Gasteiger partial charge in [-0.2, -0.15) is 0 Å². The first-order chi connectivity index (χ1) is 13.1. The summed E-state index contributed by atoms with van der Waals surface area (Å²) >= 11 is 0. The summed E-state index contributed by atoms with van der Waals surface area (Å²) in [5.41, 5.74) is 5.31. The van der Waals surface area contributed by atoms with Crippen LogP contribution < -0.4 is 0 Å². The van der Waals surface area contributed by atoms with Gasteiger partial charge in [0, 0.05) is 0 Å². The van der Waals surface area contributed by atoms with Crippen molar-refractivity contribution >= 4 is 0 Å². The molecule has 2 aromatic rings. The summed E-state index contributed by atoms with van der Waals surface area (Å²) in [6.45, 7) is 2.29. The van der Waals surface area contributed by atoms with Gasteiger partial charge in [-0.25, -0.2) is 8.78 Å². The second kappa shape index (κ2) is 8.12. The molecule has 0 aromatic heterocycles. The number of fused-ring (bicyclic) bond motifs is 1. The summed E-state index contributed by atoms with van der Waals surface area (Å²) in [6, 6.07) is 11.5. The lowest BCUT2D eigenvalue weighted by Gasteiger charge is -2.30. The Labute approximate surface area is 162 Å². The zero-order valence-corrected chi connectivity index (χ0v) is 16.3. The molecule has 0 bridgehead atoms. The SMILES string of the molecule is CCC[C@H]1CC[C@H](c2ccc3c(c2)CCC(c2ccc(F)c(F)c2)C3)CC1. The van der Waals surface area contributed by atoms with Crippen molar-refractivity contribution in [3.05, 3.63) is 70.3 Å². The monoisotopic (exact) mass is 368 g/mol. The highest BCUT2D eigenvalue weighted by Gasteiger charge is 2.25. The molecule has 0 amide bonds. The first-order valence-electron chi connectivity index (χ1n) is 10.7. The molecule has 0 heterocycles. The van der Waals surface area contributed by atoms with Crippen LogP contribution in [0.15, 0.2) is 36.4 Å². The quantitative estimate of drug-likeness (QED) is 0.530. The summed E-state index contributed by atoms with van der Waals surface area (Å²) in [5, 5.41) is 0. The smallest absolute Gasteiger partial charge is 0.159 e. The van der Waals surface area contributed by atoms with E-state index in [1.165, 1.54) is 67.3 Å². The van der Waals surface area contributed by atoms with Gasteiger partial charge in [-0.15, -0.1) is 0 Å². The third kappa shape index (κ3) is 4.10. The van der Waals surface area contributed by atoms with Gasteiger partial charge in [0.1, 0.15) is 0 Å². The molecule has 0 spiro atoms. The zero-order chi connectivity index (χ0) is 18.8. The normalized spacial score (nSPS) is 25.2. The van der Waals surface area contributed by atoms with E-state index in [2.05, 4.69) is 25.1 Å². The van der Waals surface area contributed by atoms with E-state index in [4.69, 9.17) is 0 Å². The van der Waals surface area contributed by atoms with Crippen molar-refractivity contribution in [1.82, 2.24) is 0 Å². The fourth-order valence-corrected chi connectivity index (χ4v) is 5.27. The van der Waals surface area contributed by atoms with Gasteiger partial charge in [0.2, 0.25) is 0 Å². The van der Waals surface area contributed by atoms with Crippen molar-refractivity contribution < 1.29 is 8.78 Å². The van der Waals surface area contributed by atoms with Crippen LogP contribution in [0.2, 0.25) is 0 Å². The molecule has 1 saturated carbocycles. The highest BCUT2D eigenvalue weighted by atomic mass is 19.2. The summed E-state index contributed by atoms with van der Waals surface area (Å²) in [7, 11) is 0. The van der Waals surface area contributed by atoms with E-state index < -0.39 is 11.6 Å². The van der Waals surface area contributed by atoms with Crippen molar-refractivity contribution in [2.45, 2.75) is 76.5 Å². The molecule has 144 valence electrons. The molecular weight excluding hydrogens is 338 g/mol. The predicted octanol–water partition coefficient (Wildman–Crippen LogP) is 7.31. The lowest BCUT2D eigenvalue weighted by molar-refractivity contribution is 0.308. The van der Waals surface area contributed by atoms with Crippen molar-refractivity contribution in [1.29, 1.82) is 0 Å². The van der Waals surface area contributed by atoms with Crippen LogP contribution in [0.4, 0.5) is 8.78 Å². The van der Waals surface area contributed by atoms with E-state index >= 15 is 0 Å². The molecule has 0 nitrogen and oxygen atoms in total. The van der Waals surface area contributed by atoms with Gasteiger partial charge in [0.25, 0.3) is 0 Å². The Morgan fingerprint density at radius 1 is 0.778 bits per heavy atom. The first kappa shape index (κ1) is 18.7. The van der Waals surface area contributed by atoms with Crippen LogP contribution in [-0.2, 0) is 12.8 Å². The largest absolute Gasteiger partial charge is 0.204 e. The minimum absolute atomic E-state index is 0.294. The van der Waals surface area contributed by atoms with E-state index in [9.17, 15) is 8.78 Å². The summed E-state index contributed by atoms with van der Waals surface area (Å²) in [5.74, 6) is 0.483. The van der Waals surface area contributed by atoms with Crippen molar-refractivity contribution in [3.8, 4) is 0 Å². The summed E-state index contributed by atoms with van der Waals surface area (Å²) < 4.78 is 26.8. The maximum Gasteiger partial charge on any atom is 0.159 e. The van der Waals surface area contributed by atoms with Crippen LogP contribution in [0.25, 0.3) is 0 Å². The number of benzene rings is 2. The van der Waals surface area contributed by atoms with E-state index in [1.54, 1.807) is 6.07 Å². The van der Waals surface area contributed by atoms with E-state index in [1.807, 2.05) is 0 Å². The van der Waals surface area contributed by atoms with Crippen LogP contribution in [0.5, 0.6) is 0 Å².